The molecular weight excluding hydrogens is 358 g/mol. The molecule has 1 aromatic carbocycles. The summed E-state index contributed by atoms with van der Waals surface area (Å²) in [5, 5.41) is 2.88. The summed E-state index contributed by atoms with van der Waals surface area (Å²) in [7, 11) is -0.499. The van der Waals surface area contributed by atoms with Gasteiger partial charge in [0.25, 0.3) is 10.2 Å². The number of fused-ring (bicyclic) bond motifs is 1. The Balaban J connectivity index is 1.52. The summed E-state index contributed by atoms with van der Waals surface area (Å²) in [6.07, 6.45) is 1.08. The van der Waals surface area contributed by atoms with Gasteiger partial charge >= 0.3 is 0 Å². The monoisotopic (exact) mass is 383 g/mol. The Morgan fingerprint density at radius 2 is 2.04 bits per heavy atom. The van der Waals surface area contributed by atoms with Crippen LogP contribution < -0.4 is 14.8 Å². The van der Waals surface area contributed by atoms with Crippen molar-refractivity contribution in [2.45, 2.75) is 18.9 Å². The molecule has 1 amide bonds. The Bertz CT molecular complexity index is 753. The van der Waals surface area contributed by atoms with Gasteiger partial charge in [-0.3, -0.25) is 4.79 Å². The molecule has 0 radical (unpaired) electrons. The van der Waals surface area contributed by atoms with Gasteiger partial charge in [-0.25, -0.2) is 0 Å². The summed E-state index contributed by atoms with van der Waals surface area (Å²) in [4.78, 5) is 12.5. The van der Waals surface area contributed by atoms with Gasteiger partial charge in [0, 0.05) is 27.2 Å². The Hall–Kier alpha value is -1.84. The molecule has 0 aliphatic carbocycles. The van der Waals surface area contributed by atoms with E-state index in [1.54, 1.807) is 0 Å². The zero-order chi connectivity index (χ0) is 18.7. The summed E-state index contributed by atoms with van der Waals surface area (Å²) in [6, 6.07) is 7.41. The Morgan fingerprint density at radius 1 is 1.31 bits per heavy atom. The first-order valence-corrected chi connectivity index (χ1v) is 10.1. The van der Waals surface area contributed by atoms with Crippen LogP contribution >= 0.6 is 0 Å². The molecule has 1 aromatic rings. The van der Waals surface area contributed by atoms with Gasteiger partial charge in [-0.1, -0.05) is 12.1 Å². The van der Waals surface area contributed by atoms with E-state index in [1.807, 2.05) is 24.3 Å². The van der Waals surface area contributed by atoms with Crippen molar-refractivity contribution in [1.82, 2.24) is 13.9 Å². The Labute approximate surface area is 154 Å². The third-order valence-electron chi connectivity index (χ3n) is 4.61. The molecule has 1 saturated heterocycles. The van der Waals surface area contributed by atoms with Crippen LogP contribution in [0.5, 0.6) is 11.5 Å². The lowest BCUT2D eigenvalue weighted by molar-refractivity contribution is -0.126. The summed E-state index contributed by atoms with van der Waals surface area (Å²) < 4.78 is 38.5. The predicted molar refractivity (Wildman–Crippen MR) is 96.3 cm³/mol. The van der Waals surface area contributed by atoms with E-state index in [-0.39, 0.29) is 24.5 Å². The summed E-state index contributed by atoms with van der Waals surface area (Å²) in [5.74, 6) is 0.868. The van der Waals surface area contributed by atoms with Crippen molar-refractivity contribution >= 4 is 16.1 Å². The molecule has 1 N–H and O–H groups in total. The number of benzene rings is 1. The highest BCUT2D eigenvalue weighted by molar-refractivity contribution is 7.86. The smallest absolute Gasteiger partial charge is 0.281 e. The van der Waals surface area contributed by atoms with Gasteiger partial charge in [-0.05, 0) is 25.0 Å². The molecule has 144 valence electrons. The van der Waals surface area contributed by atoms with Crippen molar-refractivity contribution in [3.8, 4) is 11.5 Å². The normalized spacial score (nSPS) is 23.7. The number of hydrogen-bond acceptors (Lipinski definition) is 5. The Kier molecular flexibility index (Phi) is 5.69. The second kappa shape index (κ2) is 7.81. The minimum atomic E-state index is -3.49. The molecule has 26 heavy (non-hydrogen) atoms. The van der Waals surface area contributed by atoms with Crippen molar-refractivity contribution in [3.63, 3.8) is 0 Å². The van der Waals surface area contributed by atoms with E-state index in [9.17, 15) is 13.2 Å². The maximum Gasteiger partial charge on any atom is 0.281 e. The van der Waals surface area contributed by atoms with Gasteiger partial charge in [-0.2, -0.15) is 17.0 Å². The highest BCUT2D eigenvalue weighted by atomic mass is 32.2. The number of para-hydroxylation sites is 2. The third kappa shape index (κ3) is 4.11. The molecule has 2 aliphatic rings. The minimum Gasteiger partial charge on any atom is -0.486 e. The number of carbonyl (C=O) groups excluding carboxylic acids is 1. The molecule has 1 fully saturated rings. The average Bonchev–Trinajstić information content (AvgIpc) is 2.66. The van der Waals surface area contributed by atoms with Crippen LogP contribution in [-0.4, -0.2) is 69.4 Å². The fraction of sp³-hybridized carbons (Fsp3) is 0.588. The lowest BCUT2D eigenvalue weighted by Gasteiger charge is -2.33. The average molecular weight is 383 g/mol. The number of amides is 1. The van der Waals surface area contributed by atoms with Crippen LogP contribution in [0.2, 0.25) is 0 Å². The molecule has 0 bridgehead atoms. The predicted octanol–water partition coefficient (Wildman–Crippen LogP) is 0.461. The van der Waals surface area contributed by atoms with Gasteiger partial charge < -0.3 is 14.8 Å². The maximum atomic E-state index is 12.5. The van der Waals surface area contributed by atoms with E-state index in [0.29, 0.717) is 44.0 Å². The van der Waals surface area contributed by atoms with E-state index >= 15 is 0 Å². The Morgan fingerprint density at radius 3 is 2.77 bits per heavy atom. The van der Waals surface area contributed by atoms with Gasteiger partial charge in [-0.15, -0.1) is 0 Å². The summed E-state index contributed by atoms with van der Waals surface area (Å²) in [5.41, 5.74) is 0. The molecule has 3 rings (SSSR count). The van der Waals surface area contributed by atoms with E-state index in [0.717, 1.165) is 0 Å². The lowest BCUT2D eigenvalue weighted by atomic mass is 9.99. The summed E-state index contributed by atoms with van der Waals surface area (Å²) >= 11 is 0. The number of rotatable bonds is 5. The zero-order valence-electron chi connectivity index (χ0n) is 15.1. The molecule has 2 heterocycles. The number of carbonyl (C=O) groups is 1. The number of nitrogens with zero attached hydrogens (tertiary/aromatic N) is 2. The second-order valence-electron chi connectivity index (χ2n) is 6.73. The van der Waals surface area contributed by atoms with Crippen LogP contribution in [0.15, 0.2) is 24.3 Å². The zero-order valence-corrected chi connectivity index (χ0v) is 15.9. The third-order valence-corrected chi connectivity index (χ3v) is 6.52. The molecule has 2 atom stereocenters. The van der Waals surface area contributed by atoms with Gasteiger partial charge in [0.15, 0.2) is 11.5 Å². The number of ether oxygens (including phenoxy) is 2. The second-order valence-corrected chi connectivity index (χ2v) is 8.87. The molecule has 9 heteroatoms. The van der Waals surface area contributed by atoms with Crippen molar-refractivity contribution in [1.29, 1.82) is 0 Å². The topological polar surface area (TPSA) is 88.2 Å². The van der Waals surface area contributed by atoms with Crippen LogP contribution in [0.3, 0.4) is 0 Å². The lowest BCUT2D eigenvalue weighted by Crippen LogP contribution is -2.50. The molecular formula is C17H25N3O5S. The number of hydrogen-bond donors (Lipinski definition) is 1. The van der Waals surface area contributed by atoms with Crippen molar-refractivity contribution in [2.24, 2.45) is 5.92 Å². The standard InChI is InChI=1S/C17H25N3O5S/c1-19(2)26(22,23)20-9-5-6-13(11-20)17(21)18-10-14-12-24-15-7-3-4-8-16(15)25-14/h3-4,7-8,13-14H,5-6,9-12H2,1-2H3,(H,18,21). The number of piperidine rings is 1. The highest BCUT2D eigenvalue weighted by Gasteiger charge is 2.33. The largest absolute Gasteiger partial charge is 0.486 e. The first-order valence-electron chi connectivity index (χ1n) is 8.71. The molecule has 2 aliphatic heterocycles. The highest BCUT2D eigenvalue weighted by Crippen LogP contribution is 2.30. The van der Waals surface area contributed by atoms with Crippen molar-refractivity contribution in [2.75, 3.05) is 40.3 Å². The van der Waals surface area contributed by atoms with E-state index < -0.39 is 10.2 Å². The van der Waals surface area contributed by atoms with Crippen LogP contribution in [0, 0.1) is 5.92 Å². The van der Waals surface area contributed by atoms with Crippen LogP contribution in [-0.2, 0) is 15.0 Å². The quantitative estimate of drug-likeness (QED) is 0.798. The van der Waals surface area contributed by atoms with Gasteiger partial charge in [0.05, 0.1) is 12.5 Å². The maximum absolute atomic E-state index is 12.5. The van der Waals surface area contributed by atoms with E-state index in [2.05, 4.69) is 5.32 Å². The fourth-order valence-electron chi connectivity index (χ4n) is 3.12. The SMILES string of the molecule is CN(C)S(=O)(=O)N1CCCC(C(=O)NCC2COc3ccccc3O2)C1. The van der Waals surface area contributed by atoms with Gasteiger partial charge in [0.2, 0.25) is 5.91 Å². The van der Waals surface area contributed by atoms with Gasteiger partial charge in [0.1, 0.15) is 12.7 Å². The van der Waals surface area contributed by atoms with Crippen molar-refractivity contribution in [3.05, 3.63) is 24.3 Å². The van der Waals surface area contributed by atoms with Crippen molar-refractivity contribution < 1.29 is 22.7 Å². The van der Waals surface area contributed by atoms with Crippen LogP contribution in [0.1, 0.15) is 12.8 Å². The molecule has 0 spiro atoms. The van der Waals surface area contributed by atoms with E-state index in [1.165, 1.54) is 22.7 Å². The number of nitrogens with one attached hydrogen (secondary N) is 1. The molecule has 8 nitrogen and oxygen atoms in total. The fourth-order valence-corrected chi connectivity index (χ4v) is 4.31. The first-order chi connectivity index (χ1) is 12.4. The minimum absolute atomic E-state index is 0.147. The first kappa shape index (κ1) is 18.9. The molecule has 0 aromatic heterocycles. The van der Waals surface area contributed by atoms with Crippen LogP contribution in [0.4, 0.5) is 0 Å². The van der Waals surface area contributed by atoms with Crippen LogP contribution in [0.25, 0.3) is 0 Å². The molecule has 0 saturated carbocycles. The van der Waals surface area contributed by atoms with E-state index in [4.69, 9.17) is 9.47 Å². The molecule has 2 unspecified atom stereocenters. The summed E-state index contributed by atoms with van der Waals surface area (Å²) in [6.45, 7) is 1.34.